The molecule has 3 aliphatic carbocycles. The molecule has 2 N–H and O–H groups in total. The number of benzene rings is 2. The second kappa shape index (κ2) is 12.3. The highest BCUT2D eigenvalue weighted by atomic mass is 19.3. The third-order valence-corrected chi connectivity index (χ3v) is 12.2. The number of imidazole rings is 2. The first kappa shape index (κ1) is 36.7. The molecule has 2 aliphatic heterocycles. The van der Waals surface area contributed by atoms with E-state index in [0.717, 1.165) is 50.7 Å². The van der Waals surface area contributed by atoms with Crippen LogP contribution in [0, 0.1) is 11.8 Å². The molecule has 9 rings (SSSR count). The van der Waals surface area contributed by atoms with Gasteiger partial charge in [-0.15, -0.1) is 0 Å². The zero-order valence-electron chi connectivity index (χ0n) is 32.3. The number of alkyl halides is 4. The number of rotatable bonds is 4. The van der Waals surface area contributed by atoms with E-state index in [-0.39, 0.29) is 58.3 Å². The molecule has 4 fully saturated rings. The number of nitrogens with one attached hydrogen (secondary N) is 2. The van der Waals surface area contributed by atoms with Gasteiger partial charge in [0, 0.05) is 34.3 Å². The van der Waals surface area contributed by atoms with Gasteiger partial charge in [-0.3, -0.25) is 9.80 Å². The van der Waals surface area contributed by atoms with E-state index < -0.39 is 46.4 Å². The highest BCUT2D eigenvalue weighted by Gasteiger charge is 2.63. The number of halogens is 4. The van der Waals surface area contributed by atoms with Crippen LogP contribution in [0.4, 0.5) is 27.2 Å². The number of H-pyrrole nitrogens is 2. The van der Waals surface area contributed by atoms with E-state index in [9.17, 15) is 9.59 Å². The summed E-state index contributed by atoms with van der Waals surface area (Å²) in [6.45, 7) is 10.9. The summed E-state index contributed by atoms with van der Waals surface area (Å²) in [4.78, 5) is 45.5. The summed E-state index contributed by atoms with van der Waals surface area (Å²) in [5.74, 6) is -7.74. The predicted octanol–water partition coefficient (Wildman–Crippen LogP) is 10.3. The van der Waals surface area contributed by atoms with Crippen LogP contribution in [0.3, 0.4) is 0 Å². The van der Waals surface area contributed by atoms with Gasteiger partial charge in [0.1, 0.15) is 22.9 Å². The van der Waals surface area contributed by atoms with E-state index in [4.69, 9.17) is 9.47 Å². The number of nitrogens with zero attached hydrogens (tertiary/aromatic N) is 4. The number of fused-ring (bicyclic) bond motifs is 7. The molecule has 14 heteroatoms. The zero-order valence-corrected chi connectivity index (χ0v) is 32.3. The van der Waals surface area contributed by atoms with E-state index in [1.165, 1.54) is 24.5 Å². The Hall–Kier alpha value is -4.88. The molecular weight excluding hydrogens is 728 g/mol. The van der Waals surface area contributed by atoms with Gasteiger partial charge in [-0.05, 0) is 115 Å². The fourth-order valence-corrected chi connectivity index (χ4v) is 9.85. The molecule has 5 aliphatic rings. The Labute approximate surface area is 322 Å². The van der Waals surface area contributed by atoms with Gasteiger partial charge >= 0.3 is 24.0 Å². The van der Waals surface area contributed by atoms with E-state index in [1.807, 2.05) is 41.5 Å². The fraction of sp³-hybridized carbons (Fsp3) is 0.524. The number of hydrogen-bond donors (Lipinski definition) is 2. The van der Waals surface area contributed by atoms with Crippen molar-refractivity contribution in [3.63, 3.8) is 0 Å². The molecule has 4 heterocycles. The van der Waals surface area contributed by atoms with Crippen LogP contribution in [0.25, 0.3) is 33.6 Å². The molecule has 0 spiro atoms. The van der Waals surface area contributed by atoms with Crippen molar-refractivity contribution in [1.29, 1.82) is 0 Å². The number of aromatic nitrogens is 4. The monoisotopic (exact) mass is 774 g/mol. The molecule has 2 saturated heterocycles. The molecular formula is C42H46F4N6O4. The normalized spacial score (nSPS) is 27.0. The Morgan fingerprint density at radius 1 is 0.661 bits per heavy atom. The van der Waals surface area contributed by atoms with Gasteiger partial charge in [0.05, 0.1) is 35.9 Å². The SMILES string of the molecule is CC(C)(C)OC(=O)N1C2CCC(C2)[C@H]1c1ncc(-c2ccc3c(c2)C(F)(F)C(F)(F)c2cc(-c4cnc([C@@H]5C6CC[C@H](C6)N5C(=O)OC(C)(C)C)[nH]4)ccc2-3)[nH]1. The van der Waals surface area contributed by atoms with Gasteiger partial charge in [0.15, 0.2) is 0 Å². The minimum Gasteiger partial charge on any atom is -0.444 e. The third-order valence-electron chi connectivity index (χ3n) is 12.2. The average molecular weight is 775 g/mol. The molecule has 10 nitrogen and oxygen atoms in total. The number of likely N-dealkylation sites (tertiary alicyclic amines) is 2. The third kappa shape index (κ3) is 5.79. The highest BCUT2D eigenvalue weighted by molar-refractivity contribution is 5.81. The van der Waals surface area contributed by atoms with Gasteiger partial charge in [-0.1, -0.05) is 24.3 Å². The van der Waals surface area contributed by atoms with E-state index >= 15 is 17.6 Å². The number of aromatic amines is 2. The largest absolute Gasteiger partial charge is 0.444 e. The summed E-state index contributed by atoms with van der Waals surface area (Å²) < 4.78 is 76.0. The van der Waals surface area contributed by atoms with Gasteiger partial charge in [-0.2, -0.15) is 17.6 Å². The quantitative estimate of drug-likeness (QED) is 0.200. The first-order chi connectivity index (χ1) is 26.3. The Bertz CT molecular complexity index is 2080. The number of carbonyl (C=O) groups is 2. The van der Waals surface area contributed by atoms with Crippen LogP contribution >= 0.6 is 0 Å². The zero-order chi connectivity index (χ0) is 39.7. The van der Waals surface area contributed by atoms with Crippen molar-refractivity contribution in [2.24, 2.45) is 11.8 Å². The van der Waals surface area contributed by atoms with Crippen LogP contribution in [0.2, 0.25) is 0 Å². The molecule has 4 aromatic rings. The lowest BCUT2D eigenvalue weighted by atomic mass is 9.79. The lowest BCUT2D eigenvalue weighted by molar-refractivity contribution is -0.225. The second-order valence-electron chi connectivity index (χ2n) is 18.2. The lowest BCUT2D eigenvalue weighted by Crippen LogP contribution is -2.43. The first-order valence-corrected chi connectivity index (χ1v) is 19.5. The number of carbonyl (C=O) groups excluding carboxylic acids is 2. The Morgan fingerprint density at radius 2 is 1.05 bits per heavy atom. The second-order valence-corrected chi connectivity index (χ2v) is 18.2. The van der Waals surface area contributed by atoms with Crippen molar-refractivity contribution in [2.45, 2.75) is 127 Å². The van der Waals surface area contributed by atoms with E-state index in [2.05, 4.69) is 19.9 Å². The van der Waals surface area contributed by atoms with Gasteiger partial charge in [0.25, 0.3) is 0 Å². The molecule has 3 unspecified atom stereocenters. The van der Waals surface area contributed by atoms with Gasteiger partial charge in [-0.25, -0.2) is 19.6 Å². The minimum absolute atomic E-state index is 0.00968. The van der Waals surface area contributed by atoms with Gasteiger partial charge < -0.3 is 19.4 Å². The summed E-state index contributed by atoms with van der Waals surface area (Å²) in [5, 5.41) is 0. The Kier molecular flexibility index (Phi) is 8.08. The number of piperidine rings is 2. The molecule has 2 saturated carbocycles. The predicted molar refractivity (Wildman–Crippen MR) is 199 cm³/mol. The van der Waals surface area contributed by atoms with Crippen molar-refractivity contribution in [3.05, 3.63) is 71.6 Å². The van der Waals surface area contributed by atoms with Crippen molar-refractivity contribution in [1.82, 2.24) is 29.7 Å². The van der Waals surface area contributed by atoms with Crippen molar-refractivity contribution in [2.75, 3.05) is 0 Å². The molecule has 0 radical (unpaired) electrons. The Morgan fingerprint density at radius 3 is 1.43 bits per heavy atom. The summed E-state index contributed by atoms with van der Waals surface area (Å²) in [6.07, 6.45) is 7.34. The number of ether oxygens (including phenoxy) is 2. The molecule has 2 amide bonds. The standard InChI is InChI=1S/C42H46F4N6O4/c1-39(2,3)55-37(53)51-25-11-7-23(15-25)33(51)35-47-19-31(49-35)21-9-13-27-28-14-10-22(18-30(28)42(45,46)41(43,44)29(27)17-21)32-20-48-36(50-32)34-24-8-12-26(16-24)52(34)38(54)56-40(4,5)6/h9-10,13-14,17-20,23-26,33-34H,7-8,11-12,15-16H2,1-6H3,(H,47,49)(H,48,50)/t23?,24?,25-,26?,33+,34+/m1/s1. The van der Waals surface area contributed by atoms with Crippen molar-refractivity contribution >= 4 is 12.2 Å². The average Bonchev–Trinajstić information content (AvgIpc) is 3.97. The van der Waals surface area contributed by atoms with Crippen molar-refractivity contribution < 1.29 is 36.6 Å². The maximum absolute atomic E-state index is 16.1. The number of amides is 2. The topological polar surface area (TPSA) is 116 Å². The van der Waals surface area contributed by atoms with Crippen LogP contribution in [0.5, 0.6) is 0 Å². The summed E-state index contributed by atoms with van der Waals surface area (Å²) >= 11 is 0. The van der Waals surface area contributed by atoms with Crippen LogP contribution in [0.15, 0.2) is 48.8 Å². The van der Waals surface area contributed by atoms with Crippen molar-refractivity contribution in [3.8, 4) is 33.6 Å². The van der Waals surface area contributed by atoms with E-state index in [1.54, 1.807) is 21.9 Å². The maximum atomic E-state index is 16.1. The Balaban J connectivity index is 1.01. The minimum atomic E-state index is -4.54. The van der Waals surface area contributed by atoms with E-state index in [0.29, 0.717) is 23.0 Å². The van der Waals surface area contributed by atoms with Gasteiger partial charge in [0.2, 0.25) is 0 Å². The highest BCUT2D eigenvalue weighted by Crippen LogP contribution is 2.59. The van der Waals surface area contributed by atoms with Crippen LogP contribution in [-0.2, 0) is 21.3 Å². The molecule has 56 heavy (non-hydrogen) atoms. The molecule has 2 aromatic heterocycles. The molecule has 4 bridgehead atoms. The summed E-state index contributed by atoms with van der Waals surface area (Å²) in [7, 11) is 0. The first-order valence-electron chi connectivity index (χ1n) is 19.5. The number of hydrogen-bond acceptors (Lipinski definition) is 6. The molecule has 6 atom stereocenters. The van der Waals surface area contributed by atoms with Crippen LogP contribution < -0.4 is 0 Å². The van der Waals surface area contributed by atoms with Crippen LogP contribution in [0.1, 0.15) is 115 Å². The molecule has 2 aromatic carbocycles. The fourth-order valence-electron chi connectivity index (χ4n) is 9.85. The smallest absolute Gasteiger partial charge is 0.411 e. The summed E-state index contributed by atoms with van der Waals surface area (Å²) in [6, 6.07) is 7.65. The lowest BCUT2D eigenvalue weighted by Gasteiger charge is -2.35. The maximum Gasteiger partial charge on any atom is 0.411 e. The van der Waals surface area contributed by atoms with Crippen LogP contribution in [-0.4, -0.2) is 65.2 Å². The molecule has 296 valence electrons. The summed E-state index contributed by atoms with van der Waals surface area (Å²) in [5.41, 5.74) is -1.60.